The lowest BCUT2D eigenvalue weighted by molar-refractivity contribution is 0.600. The van der Waals surface area contributed by atoms with E-state index in [0.29, 0.717) is 5.92 Å². The maximum Gasteiger partial charge on any atom is 0.103 e. The number of aromatic nitrogens is 1. The minimum absolute atomic E-state index is 0.184. The Bertz CT molecular complexity index is 284. The largest absolute Gasteiger partial charge is 0.327 e. The molecule has 1 rings (SSSR count). The maximum absolute atomic E-state index is 5.86. The molecule has 2 atom stereocenters. The number of thiazole rings is 1. The Labute approximate surface area is 101 Å². The van der Waals surface area contributed by atoms with Gasteiger partial charge in [-0.1, -0.05) is 13.8 Å². The highest BCUT2D eigenvalue weighted by atomic mass is 32.2. The molecule has 86 valence electrons. The highest BCUT2D eigenvalue weighted by molar-refractivity contribution is 7.98. The molecule has 0 bridgehead atoms. The van der Waals surface area contributed by atoms with Gasteiger partial charge >= 0.3 is 0 Å². The van der Waals surface area contributed by atoms with Crippen molar-refractivity contribution in [3.05, 3.63) is 16.1 Å². The standard InChI is InChI=1S/C11H20N2S2/c1-4-5-14-7-11-13-10(6-15-11)8(2)9(3)12/h6,8-9H,4-5,7,12H2,1-3H3. The first-order valence-electron chi connectivity index (χ1n) is 5.42. The van der Waals surface area contributed by atoms with Gasteiger partial charge in [0, 0.05) is 23.1 Å². The number of nitrogens with zero attached hydrogens (tertiary/aromatic N) is 1. The second-order valence-corrected chi connectivity index (χ2v) is 5.91. The smallest absolute Gasteiger partial charge is 0.103 e. The van der Waals surface area contributed by atoms with Crippen LogP contribution in [-0.2, 0) is 5.75 Å². The molecule has 0 radical (unpaired) electrons. The van der Waals surface area contributed by atoms with Gasteiger partial charge in [0.2, 0.25) is 0 Å². The molecule has 1 heterocycles. The van der Waals surface area contributed by atoms with E-state index in [1.807, 2.05) is 18.7 Å². The predicted molar refractivity (Wildman–Crippen MR) is 70.6 cm³/mol. The zero-order valence-electron chi connectivity index (χ0n) is 9.69. The number of rotatable bonds is 6. The van der Waals surface area contributed by atoms with E-state index in [0.717, 1.165) is 11.4 Å². The summed E-state index contributed by atoms with van der Waals surface area (Å²) in [5.74, 6) is 2.63. The van der Waals surface area contributed by atoms with Crippen LogP contribution in [0, 0.1) is 0 Å². The lowest BCUT2D eigenvalue weighted by Crippen LogP contribution is -2.22. The van der Waals surface area contributed by atoms with E-state index in [1.165, 1.54) is 17.2 Å². The van der Waals surface area contributed by atoms with Crippen molar-refractivity contribution in [1.29, 1.82) is 0 Å². The zero-order chi connectivity index (χ0) is 11.3. The van der Waals surface area contributed by atoms with Gasteiger partial charge in [-0.25, -0.2) is 4.98 Å². The number of hydrogen-bond acceptors (Lipinski definition) is 4. The molecule has 0 spiro atoms. The quantitative estimate of drug-likeness (QED) is 0.781. The van der Waals surface area contributed by atoms with Crippen LogP contribution in [0.4, 0.5) is 0 Å². The van der Waals surface area contributed by atoms with E-state index in [1.54, 1.807) is 11.3 Å². The number of thioether (sulfide) groups is 1. The van der Waals surface area contributed by atoms with Gasteiger partial charge < -0.3 is 5.73 Å². The van der Waals surface area contributed by atoms with Crippen molar-refractivity contribution in [3.63, 3.8) is 0 Å². The third-order valence-electron chi connectivity index (χ3n) is 2.40. The molecule has 4 heteroatoms. The lowest BCUT2D eigenvalue weighted by Gasteiger charge is -2.11. The molecule has 0 aliphatic carbocycles. The fourth-order valence-corrected chi connectivity index (χ4v) is 3.05. The molecule has 2 nitrogen and oxygen atoms in total. The summed E-state index contributed by atoms with van der Waals surface area (Å²) in [4.78, 5) is 4.62. The van der Waals surface area contributed by atoms with Crippen LogP contribution in [0.3, 0.4) is 0 Å². The van der Waals surface area contributed by atoms with E-state index in [4.69, 9.17) is 5.73 Å². The summed E-state index contributed by atoms with van der Waals surface area (Å²) in [5.41, 5.74) is 7.01. The molecule has 2 N–H and O–H groups in total. The van der Waals surface area contributed by atoms with Gasteiger partial charge in [0.1, 0.15) is 5.01 Å². The van der Waals surface area contributed by atoms with Crippen molar-refractivity contribution in [2.45, 2.75) is 44.9 Å². The number of nitrogens with two attached hydrogens (primary N) is 1. The van der Waals surface area contributed by atoms with E-state index in [-0.39, 0.29) is 6.04 Å². The van der Waals surface area contributed by atoms with Crippen LogP contribution in [0.25, 0.3) is 0 Å². The van der Waals surface area contributed by atoms with Crippen molar-refractivity contribution >= 4 is 23.1 Å². The van der Waals surface area contributed by atoms with Crippen LogP contribution in [0.1, 0.15) is 43.8 Å². The fraction of sp³-hybridized carbons (Fsp3) is 0.727. The Hall–Kier alpha value is -0.0600. The molecular formula is C11H20N2S2. The predicted octanol–water partition coefficient (Wildman–Crippen LogP) is 3.24. The molecule has 15 heavy (non-hydrogen) atoms. The van der Waals surface area contributed by atoms with Crippen LogP contribution in [0.5, 0.6) is 0 Å². The Morgan fingerprint density at radius 1 is 1.53 bits per heavy atom. The topological polar surface area (TPSA) is 38.9 Å². The van der Waals surface area contributed by atoms with E-state index in [2.05, 4.69) is 24.2 Å². The Balaban J connectivity index is 2.48. The van der Waals surface area contributed by atoms with Crippen LogP contribution < -0.4 is 5.73 Å². The molecule has 0 saturated carbocycles. The summed E-state index contributed by atoms with van der Waals surface area (Å²) in [6.45, 7) is 6.39. The normalized spacial score (nSPS) is 15.2. The molecule has 2 unspecified atom stereocenters. The first-order chi connectivity index (χ1) is 7.15. The SMILES string of the molecule is CCCSCc1nc(C(C)C(C)N)cs1. The molecule has 0 aliphatic heterocycles. The summed E-state index contributed by atoms with van der Waals surface area (Å²) in [7, 11) is 0. The van der Waals surface area contributed by atoms with Crippen LogP contribution in [-0.4, -0.2) is 16.8 Å². The molecule has 0 amide bonds. The van der Waals surface area contributed by atoms with Crippen molar-refractivity contribution < 1.29 is 0 Å². The minimum Gasteiger partial charge on any atom is -0.327 e. The second kappa shape index (κ2) is 6.51. The average molecular weight is 244 g/mol. The Morgan fingerprint density at radius 2 is 2.27 bits per heavy atom. The molecular weight excluding hydrogens is 224 g/mol. The van der Waals surface area contributed by atoms with Gasteiger partial charge in [0.05, 0.1) is 5.69 Å². The third kappa shape index (κ3) is 4.13. The summed E-state index contributed by atoms with van der Waals surface area (Å²) in [6.07, 6.45) is 1.24. The van der Waals surface area contributed by atoms with E-state index >= 15 is 0 Å². The Kier molecular flexibility index (Phi) is 5.64. The summed E-state index contributed by atoms with van der Waals surface area (Å²) < 4.78 is 0. The maximum atomic E-state index is 5.86. The number of hydrogen-bond donors (Lipinski definition) is 1. The van der Waals surface area contributed by atoms with Crippen LogP contribution >= 0.6 is 23.1 Å². The zero-order valence-corrected chi connectivity index (χ0v) is 11.3. The van der Waals surface area contributed by atoms with Gasteiger partial charge in [-0.2, -0.15) is 11.8 Å². The van der Waals surface area contributed by atoms with Crippen molar-refractivity contribution in [3.8, 4) is 0 Å². The van der Waals surface area contributed by atoms with Crippen LogP contribution in [0.15, 0.2) is 5.38 Å². The highest BCUT2D eigenvalue weighted by Gasteiger charge is 2.13. The molecule has 0 saturated heterocycles. The van der Waals surface area contributed by atoms with Crippen molar-refractivity contribution in [1.82, 2.24) is 4.98 Å². The summed E-state index contributed by atoms with van der Waals surface area (Å²) >= 11 is 3.71. The Morgan fingerprint density at radius 3 is 2.87 bits per heavy atom. The van der Waals surface area contributed by atoms with Crippen molar-refractivity contribution in [2.24, 2.45) is 5.73 Å². The highest BCUT2D eigenvalue weighted by Crippen LogP contribution is 2.23. The van der Waals surface area contributed by atoms with Crippen LogP contribution in [0.2, 0.25) is 0 Å². The molecule has 0 fully saturated rings. The minimum atomic E-state index is 0.184. The van der Waals surface area contributed by atoms with Crippen molar-refractivity contribution in [2.75, 3.05) is 5.75 Å². The summed E-state index contributed by atoms with van der Waals surface area (Å²) in [6, 6.07) is 0.184. The van der Waals surface area contributed by atoms with Gasteiger partial charge in [-0.15, -0.1) is 11.3 Å². The summed E-state index contributed by atoms with van der Waals surface area (Å²) in [5, 5.41) is 3.38. The lowest BCUT2D eigenvalue weighted by atomic mass is 10.0. The van der Waals surface area contributed by atoms with Gasteiger partial charge in [-0.05, 0) is 19.1 Å². The molecule has 1 aromatic rings. The van der Waals surface area contributed by atoms with Gasteiger partial charge in [0.25, 0.3) is 0 Å². The van der Waals surface area contributed by atoms with Gasteiger partial charge in [0.15, 0.2) is 0 Å². The first kappa shape index (κ1) is 13.0. The molecule has 0 aliphatic rings. The molecule has 1 aromatic heterocycles. The second-order valence-electron chi connectivity index (χ2n) is 3.87. The monoisotopic (exact) mass is 244 g/mol. The van der Waals surface area contributed by atoms with Gasteiger partial charge in [-0.3, -0.25) is 0 Å². The van der Waals surface area contributed by atoms with E-state index in [9.17, 15) is 0 Å². The fourth-order valence-electron chi connectivity index (χ4n) is 1.17. The average Bonchev–Trinajstić information content (AvgIpc) is 2.65. The molecule has 0 aromatic carbocycles. The van der Waals surface area contributed by atoms with E-state index < -0.39 is 0 Å². The first-order valence-corrected chi connectivity index (χ1v) is 7.46. The third-order valence-corrected chi connectivity index (χ3v) is 4.62.